The number of fused-ring (bicyclic) bond motifs is 2. The Morgan fingerprint density at radius 2 is 2.18 bits per heavy atom. The maximum atomic E-state index is 14.9. The molecule has 0 radical (unpaired) electrons. The number of carbonyl (C=O) groups excluding carboxylic acids is 2. The summed E-state index contributed by atoms with van der Waals surface area (Å²) in [5, 5.41) is 13.9. The van der Waals surface area contributed by atoms with E-state index in [-0.39, 0.29) is 48.0 Å². The van der Waals surface area contributed by atoms with E-state index in [1.165, 1.54) is 28.3 Å². The molecular weight excluding hydrogens is 513 g/mol. The molecule has 1 aliphatic carbocycles. The molecule has 4 heterocycles. The molecule has 3 aliphatic rings. The van der Waals surface area contributed by atoms with E-state index in [0.717, 1.165) is 5.56 Å². The number of amides is 2. The van der Waals surface area contributed by atoms with Crippen molar-refractivity contribution in [2.75, 3.05) is 43.6 Å². The molecule has 0 bridgehead atoms. The van der Waals surface area contributed by atoms with E-state index in [4.69, 9.17) is 14.2 Å². The third-order valence-electron chi connectivity index (χ3n) is 7.01. The molecule has 14 nitrogen and oxygen atoms in total. The molecule has 2 aliphatic heterocycles. The second-order valence-electron chi connectivity index (χ2n) is 9.59. The lowest BCUT2D eigenvalue weighted by Gasteiger charge is -2.25. The van der Waals surface area contributed by atoms with Crippen LogP contribution in [-0.2, 0) is 28.9 Å². The van der Waals surface area contributed by atoms with Crippen molar-refractivity contribution in [2.45, 2.75) is 38.0 Å². The Labute approximate surface area is 222 Å². The fourth-order valence-corrected chi connectivity index (χ4v) is 4.95. The summed E-state index contributed by atoms with van der Waals surface area (Å²) < 4.78 is 31.3. The van der Waals surface area contributed by atoms with Crippen LogP contribution in [0.25, 0.3) is 0 Å². The number of cyclic esters (lactones) is 1. The normalized spacial score (nSPS) is 19.9. The van der Waals surface area contributed by atoms with Gasteiger partial charge in [-0.25, -0.2) is 19.2 Å². The Balaban J connectivity index is 1.01. The number of carbonyl (C=O) groups is 2. The number of likely N-dealkylation sites (N-methyl/N-ethyl adjacent to an activating group) is 1. The molecule has 1 fully saturated rings. The van der Waals surface area contributed by atoms with Gasteiger partial charge in [-0.1, -0.05) is 0 Å². The SMILES string of the molecule is CN(CCC1CN(c2cnc3c(n2)NC(=O)CO3)C(=O)O1)C1Cc2cc(OCCn3ncnn3)cc(F)c2C1. The maximum absolute atomic E-state index is 14.9. The quantitative estimate of drug-likeness (QED) is 0.412. The zero-order valence-corrected chi connectivity index (χ0v) is 21.1. The Hall–Kier alpha value is -4.40. The van der Waals surface area contributed by atoms with Gasteiger partial charge in [0, 0.05) is 18.7 Å². The lowest BCUT2D eigenvalue weighted by Crippen LogP contribution is -2.35. The van der Waals surface area contributed by atoms with Crippen molar-refractivity contribution in [3.8, 4) is 11.6 Å². The van der Waals surface area contributed by atoms with Gasteiger partial charge in [-0.05, 0) is 48.7 Å². The molecule has 1 N–H and O–H groups in total. The summed E-state index contributed by atoms with van der Waals surface area (Å²) in [4.78, 5) is 37.5. The largest absolute Gasteiger partial charge is 0.491 e. The summed E-state index contributed by atoms with van der Waals surface area (Å²) in [5.74, 6) is 0.527. The van der Waals surface area contributed by atoms with Gasteiger partial charge in [-0.2, -0.15) is 4.80 Å². The smallest absolute Gasteiger partial charge is 0.415 e. The predicted octanol–water partition coefficient (Wildman–Crippen LogP) is 0.827. The number of ether oxygens (including phenoxy) is 3. The van der Waals surface area contributed by atoms with E-state index in [1.807, 2.05) is 13.1 Å². The molecule has 2 unspecified atom stereocenters. The second kappa shape index (κ2) is 10.4. The first-order valence-corrected chi connectivity index (χ1v) is 12.6. The molecule has 39 heavy (non-hydrogen) atoms. The fraction of sp³-hybridized carbons (Fsp3) is 0.458. The summed E-state index contributed by atoms with van der Waals surface area (Å²) >= 11 is 0. The number of tetrazole rings is 1. The summed E-state index contributed by atoms with van der Waals surface area (Å²) in [6.45, 7) is 1.55. The van der Waals surface area contributed by atoms with Crippen molar-refractivity contribution in [2.24, 2.45) is 0 Å². The first-order valence-electron chi connectivity index (χ1n) is 12.6. The monoisotopic (exact) mass is 539 g/mol. The van der Waals surface area contributed by atoms with E-state index < -0.39 is 6.09 Å². The maximum Gasteiger partial charge on any atom is 0.415 e. The van der Waals surface area contributed by atoms with Gasteiger partial charge in [0.15, 0.2) is 24.6 Å². The molecule has 3 aromatic rings. The standard InChI is InChI=1S/C24H26FN9O5/c1-32(15-6-14-7-17(9-19(25)18(14)8-15)37-5-4-34-28-13-27-31-34)3-2-16-11-33(24(36)39-16)20-10-26-23-22(29-20)30-21(35)12-38-23/h7,9-10,13,15-16H,2-6,8,11-12H2,1H3,(H,29,30,35). The van der Waals surface area contributed by atoms with Crippen LogP contribution in [-0.4, -0.2) is 92.6 Å². The first kappa shape index (κ1) is 24.9. The summed E-state index contributed by atoms with van der Waals surface area (Å²) in [7, 11) is 1.99. The number of hydrogen-bond donors (Lipinski definition) is 1. The Morgan fingerprint density at radius 3 is 3.03 bits per heavy atom. The zero-order chi connectivity index (χ0) is 26.9. The van der Waals surface area contributed by atoms with Crippen LogP contribution in [0.5, 0.6) is 11.6 Å². The van der Waals surface area contributed by atoms with Gasteiger partial charge in [-0.15, -0.1) is 10.2 Å². The predicted molar refractivity (Wildman–Crippen MR) is 132 cm³/mol. The molecule has 2 amide bonds. The van der Waals surface area contributed by atoms with Crippen LogP contribution < -0.4 is 19.7 Å². The molecule has 6 rings (SSSR count). The molecule has 1 saturated heterocycles. The molecule has 15 heteroatoms. The van der Waals surface area contributed by atoms with Crippen LogP contribution in [0.2, 0.25) is 0 Å². The molecule has 1 aromatic carbocycles. The van der Waals surface area contributed by atoms with Gasteiger partial charge in [0.1, 0.15) is 24.3 Å². The van der Waals surface area contributed by atoms with E-state index in [9.17, 15) is 14.0 Å². The third kappa shape index (κ3) is 5.30. The van der Waals surface area contributed by atoms with Crippen LogP contribution in [0, 0.1) is 5.82 Å². The molecular formula is C24H26FN9O5. The third-order valence-corrected chi connectivity index (χ3v) is 7.01. The fourth-order valence-electron chi connectivity index (χ4n) is 4.95. The van der Waals surface area contributed by atoms with Crippen molar-refractivity contribution >= 4 is 23.6 Å². The lowest BCUT2D eigenvalue weighted by molar-refractivity contribution is -0.118. The first-order chi connectivity index (χ1) is 18.9. The van der Waals surface area contributed by atoms with Gasteiger partial charge in [0.2, 0.25) is 0 Å². The summed E-state index contributed by atoms with van der Waals surface area (Å²) in [5.41, 5.74) is 1.64. The number of anilines is 2. The van der Waals surface area contributed by atoms with Gasteiger partial charge < -0.3 is 24.4 Å². The summed E-state index contributed by atoms with van der Waals surface area (Å²) in [6.07, 6.45) is 3.78. The van der Waals surface area contributed by atoms with Crippen LogP contribution in [0.3, 0.4) is 0 Å². The number of halogens is 1. The second-order valence-corrected chi connectivity index (χ2v) is 9.59. The van der Waals surface area contributed by atoms with Crippen molar-refractivity contribution in [1.82, 2.24) is 35.1 Å². The molecule has 2 aromatic heterocycles. The molecule has 0 saturated carbocycles. The van der Waals surface area contributed by atoms with E-state index in [0.29, 0.717) is 56.8 Å². The number of nitrogens with zero attached hydrogens (tertiary/aromatic N) is 8. The zero-order valence-electron chi connectivity index (χ0n) is 21.1. The lowest BCUT2D eigenvalue weighted by atomic mass is 10.1. The topological polar surface area (TPSA) is 150 Å². The van der Waals surface area contributed by atoms with Crippen molar-refractivity contribution in [1.29, 1.82) is 0 Å². The van der Waals surface area contributed by atoms with Crippen molar-refractivity contribution in [3.63, 3.8) is 0 Å². The van der Waals surface area contributed by atoms with Gasteiger partial charge >= 0.3 is 6.09 Å². The molecule has 204 valence electrons. The van der Waals surface area contributed by atoms with E-state index >= 15 is 0 Å². The Morgan fingerprint density at radius 1 is 1.28 bits per heavy atom. The average molecular weight is 540 g/mol. The number of nitrogens with one attached hydrogen (secondary N) is 1. The van der Waals surface area contributed by atoms with Crippen molar-refractivity contribution in [3.05, 3.63) is 41.6 Å². The average Bonchev–Trinajstić information content (AvgIpc) is 3.67. The highest BCUT2D eigenvalue weighted by Crippen LogP contribution is 2.32. The minimum absolute atomic E-state index is 0.118. The van der Waals surface area contributed by atoms with Crippen LogP contribution in [0.15, 0.2) is 24.7 Å². The van der Waals surface area contributed by atoms with Crippen LogP contribution >= 0.6 is 0 Å². The minimum atomic E-state index is -0.526. The number of hydrogen-bond acceptors (Lipinski definition) is 11. The molecule has 2 atom stereocenters. The van der Waals surface area contributed by atoms with Gasteiger partial charge in [0.05, 0.1) is 19.3 Å². The number of rotatable bonds is 9. The van der Waals surface area contributed by atoms with E-state index in [2.05, 4.69) is 35.6 Å². The highest BCUT2D eigenvalue weighted by atomic mass is 19.1. The Kier molecular flexibility index (Phi) is 6.64. The van der Waals surface area contributed by atoms with Crippen LogP contribution in [0.1, 0.15) is 17.5 Å². The van der Waals surface area contributed by atoms with Gasteiger partial charge in [0.25, 0.3) is 11.8 Å². The highest BCUT2D eigenvalue weighted by Gasteiger charge is 2.35. The highest BCUT2D eigenvalue weighted by molar-refractivity contribution is 5.94. The van der Waals surface area contributed by atoms with Gasteiger partial charge in [-0.3, -0.25) is 9.69 Å². The number of benzene rings is 1. The van der Waals surface area contributed by atoms with Crippen LogP contribution in [0.4, 0.5) is 20.8 Å². The summed E-state index contributed by atoms with van der Waals surface area (Å²) in [6, 6.07) is 3.43. The number of aromatic nitrogens is 6. The Bertz CT molecular complexity index is 1390. The minimum Gasteiger partial charge on any atom is -0.491 e. The van der Waals surface area contributed by atoms with Crippen molar-refractivity contribution < 1.29 is 28.2 Å². The molecule has 0 spiro atoms. The van der Waals surface area contributed by atoms with E-state index in [1.54, 1.807) is 0 Å².